The fourth-order valence-electron chi connectivity index (χ4n) is 2.49. The van der Waals surface area contributed by atoms with Crippen molar-refractivity contribution in [1.29, 1.82) is 0 Å². The summed E-state index contributed by atoms with van der Waals surface area (Å²) in [6, 6.07) is 11.7. The second-order valence-corrected chi connectivity index (χ2v) is 6.93. The summed E-state index contributed by atoms with van der Waals surface area (Å²) < 4.78 is 21.1. The third-order valence-electron chi connectivity index (χ3n) is 3.96. The van der Waals surface area contributed by atoms with Crippen molar-refractivity contribution in [2.24, 2.45) is 5.10 Å². The van der Waals surface area contributed by atoms with Crippen LogP contribution in [0.5, 0.6) is 17.2 Å². The van der Waals surface area contributed by atoms with E-state index in [4.69, 9.17) is 30.5 Å². The zero-order valence-corrected chi connectivity index (χ0v) is 19.6. The number of carbonyl (C=O) groups excluding carboxylic acids is 3. The Kier molecular flexibility index (Phi) is 11.2. The van der Waals surface area contributed by atoms with Gasteiger partial charge >= 0.3 is 5.97 Å². The third-order valence-corrected chi connectivity index (χ3v) is 4.28. The average Bonchev–Trinajstić information content (AvgIpc) is 2.82. The Hall–Kier alpha value is -3.79. The third kappa shape index (κ3) is 9.37. The van der Waals surface area contributed by atoms with Gasteiger partial charge in [0.05, 0.1) is 31.0 Å². The smallest absolute Gasteiger partial charge is 0.344 e. The van der Waals surface area contributed by atoms with Crippen molar-refractivity contribution in [2.45, 2.75) is 13.8 Å². The molecule has 34 heavy (non-hydrogen) atoms. The predicted octanol–water partition coefficient (Wildman–Crippen LogP) is 2.33. The number of nitrogens with zero attached hydrogens (tertiary/aromatic N) is 1. The maximum absolute atomic E-state index is 11.9. The highest BCUT2D eigenvalue weighted by molar-refractivity contribution is 6.32. The summed E-state index contributed by atoms with van der Waals surface area (Å²) in [6.45, 7) is 3.35. The topological polar surface area (TPSA) is 125 Å². The monoisotopic (exact) mass is 491 g/mol. The zero-order valence-electron chi connectivity index (χ0n) is 18.8. The molecule has 2 aromatic rings. The fourth-order valence-corrected chi connectivity index (χ4v) is 2.68. The summed E-state index contributed by atoms with van der Waals surface area (Å²) in [5, 5.41) is 6.66. The summed E-state index contributed by atoms with van der Waals surface area (Å²) in [6.07, 6.45) is 1.40. The minimum absolute atomic E-state index is 0.243. The molecular weight excluding hydrogens is 466 g/mol. The lowest BCUT2D eigenvalue weighted by atomic mass is 10.2. The number of para-hydroxylation sites is 1. The molecule has 0 aromatic heterocycles. The first-order chi connectivity index (χ1) is 16.4. The molecule has 182 valence electrons. The average molecular weight is 492 g/mol. The quantitative estimate of drug-likeness (QED) is 0.250. The van der Waals surface area contributed by atoms with Crippen LogP contribution in [0.25, 0.3) is 0 Å². The number of ether oxygens (including phenoxy) is 4. The van der Waals surface area contributed by atoms with Crippen molar-refractivity contribution in [3.8, 4) is 17.2 Å². The van der Waals surface area contributed by atoms with Gasteiger partial charge in [-0.05, 0) is 49.7 Å². The molecule has 2 N–H and O–H groups in total. The molecule has 10 nitrogen and oxygen atoms in total. The largest absolute Gasteiger partial charge is 0.490 e. The number of hydrogen-bond acceptors (Lipinski definition) is 8. The summed E-state index contributed by atoms with van der Waals surface area (Å²) in [5.41, 5.74) is 2.93. The molecule has 0 fully saturated rings. The van der Waals surface area contributed by atoms with Gasteiger partial charge in [0.1, 0.15) is 5.75 Å². The molecule has 0 aliphatic carbocycles. The van der Waals surface area contributed by atoms with Crippen LogP contribution in [0, 0.1) is 0 Å². The lowest BCUT2D eigenvalue weighted by Crippen LogP contribution is -2.37. The van der Waals surface area contributed by atoms with E-state index in [-0.39, 0.29) is 26.4 Å². The fraction of sp³-hybridized carbons (Fsp3) is 0.304. The van der Waals surface area contributed by atoms with Gasteiger partial charge in [0.15, 0.2) is 24.7 Å². The van der Waals surface area contributed by atoms with Crippen LogP contribution in [0.15, 0.2) is 47.6 Å². The molecular formula is C23H26ClN3O7. The molecule has 0 unspecified atom stereocenters. The Balaban J connectivity index is 1.80. The molecule has 0 radical (unpaired) electrons. The van der Waals surface area contributed by atoms with Gasteiger partial charge in [-0.25, -0.2) is 10.2 Å². The van der Waals surface area contributed by atoms with Crippen LogP contribution in [0.4, 0.5) is 0 Å². The van der Waals surface area contributed by atoms with Crippen LogP contribution in [-0.2, 0) is 19.1 Å². The molecule has 0 saturated carbocycles. The number of hydrazone groups is 1. The molecule has 2 amide bonds. The molecule has 0 aliphatic heterocycles. The summed E-state index contributed by atoms with van der Waals surface area (Å²) >= 11 is 5.95. The molecule has 2 aromatic carbocycles. The van der Waals surface area contributed by atoms with Crippen molar-refractivity contribution >= 4 is 35.6 Å². The number of benzene rings is 2. The van der Waals surface area contributed by atoms with Crippen molar-refractivity contribution < 1.29 is 33.3 Å². The van der Waals surface area contributed by atoms with Crippen LogP contribution in [-0.4, -0.2) is 57.0 Å². The van der Waals surface area contributed by atoms with Crippen LogP contribution in [0.2, 0.25) is 5.02 Å². The number of carbonyl (C=O) groups is 3. The molecule has 0 saturated heterocycles. The van der Waals surface area contributed by atoms with Gasteiger partial charge < -0.3 is 24.3 Å². The van der Waals surface area contributed by atoms with Gasteiger partial charge in [-0.1, -0.05) is 23.7 Å². The number of esters is 1. The lowest BCUT2D eigenvalue weighted by Gasteiger charge is -2.12. The highest BCUT2D eigenvalue weighted by Gasteiger charge is 2.10. The molecule has 0 aliphatic rings. The second-order valence-electron chi connectivity index (χ2n) is 6.52. The predicted molar refractivity (Wildman–Crippen MR) is 125 cm³/mol. The van der Waals surface area contributed by atoms with E-state index in [0.717, 1.165) is 0 Å². The van der Waals surface area contributed by atoms with Gasteiger partial charge in [0.25, 0.3) is 11.8 Å². The Bertz CT molecular complexity index is 1010. The van der Waals surface area contributed by atoms with Crippen LogP contribution < -0.4 is 25.0 Å². The summed E-state index contributed by atoms with van der Waals surface area (Å²) in [4.78, 5) is 35.2. The SMILES string of the molecule is CCOC(=O)COc1ccc(/C=N/NC(=O)CNC(=O)COc2ccccc2Cl)cc1OCC. The van der Waals surface area contributed by atoms with E-state index in [2.05, 4.69) is 15.8 Å². The first-order valence-electron chi connectivity index (χ1n) is 10.4. The second kappa shape index (κ2) is 14.4. The van der Waals surface area contributed by atoms with Crippen molar-refractivity contribution in [1.82, 2.24) is 10.7 Å². The molecule has 0 heterocycles. The lowest BCUT2D eigenvalue weighted by molar-refractivity contribution is -0.145. The van der Waals surface area contributed by atoms with Gasteiger partial charge in [-0.2, -0.15) is 5.10 Å². The highest BCUT2D eigenvalue weighted by atomic mass is 35.5. The first-order valence-corrected chi connectivity index (χ1v) is 10.8. The molecule has 0 bridgehead atoms. The van der Waals surface area contributed by atoms with Crippen molar-refractivity contribution in [2.75, 3.05) is 33.0 Å². The maximum Gasteiger partial charge on any atom is 0.344 e. The Labute approximate surface area is 202 Å². The molecule has 0 atom stereocenters. The number of halogens is 1. The van der Waals surface area contributed by atoms with E-state index < -0.39 is 17.8 Å². The minimum Gasteiger partial charge on any atom is -0.490 e. The standard InChI is InChI=1S/C23H26ClN3O7/c1-3-31-20-11-16(9-10-19(20)34-15-23(30)32-4-2)12-26-27-21(28)13-25-22(29)14-33-18-8-6-5-7-17(18)24/h5-12H,3-4,13-15H2,1-2H3,(H,25,29)(H,27,28)/b26-12+. The molecule has 11 heteroatoms. The van der Waals surface area contributed by atoms with Gasteiger partial charge in [0, 0.05) is 0 Å². The summed E-state index contributed by atoms with van der Waals surface area (Å²) in [5.74, 6) is -0.343. The molecule has 0 spiro atoms. The normalized spacial score (nSPS) is 10.4. The number of nitrogens with one attached hydrogen (secondary N) is 2. The van der Waals surface area contributed by atoms with Crippen LogP contribution in [0.3, 0.4) is 0 Å². The van der Waals surface area contributed by atoms with E-state index in [1.807, 2.05) is 6.92 Å². The minimum atomic E-state index is -0.526. The van der Waals surface area contributed by atoms with Crippen LogP contribution in [0.1, 0.15) is 19.4 Å². The van der Waals surface area contributed by atoms with Crippen molar-refractivity contribution in [3.63, 3.8) is 0 Å². The Morgan fingerprint density at radius 2 is 1.68 bits per heavy atom. The highest BCUT2D eigenvalue weighted by Crippen LogP contribution is 2.28. The zero-order chi connectivity index (χ0) is 24.8. The number of amides is 2. The Morgan fingerprint density at radius 1 is 0.912 bits per heavy atom. The van der Waals surface area contributed by atoms with E-state index in [9.17, 15) is 14.4 Å². The van der Waals surface area contributed by atoms with E-state index >= 15 is 0 Å². The molecule has 2 rings (SSSR count). The maximum atomic E-state index is 11.9. The van der Waals surface area contributed by atoms with Gasteiger partial charge in [-0.3, -0.25) is 9.59 Å². The summed E-state index contributed by atoms with van der Waals surface area (Å²) in [7, 11) is 0. The van der Waals surface area contributed by atoms with E-state index in [0.29, 0.717) is 34.4 Å². The number of rotatable bonds is 13. The van der Waals surface area contributed by atoms with Crippen molar-refractivity contribution in [3.05, 3.63) is 53.1 Å². The van der Waals surface area contributed by atoms with Gasteiger partial charge in [0.2, 0.25) is 0 Å². The first kappa shape index (κ1) is 26.5. The van der Waals surface area contributed by atoms with Crippen LogP contribution >= 0.6 is 11.6 Å². The van der Waals surface area contributed by atoms with E-state index in [1.165, 1.54) is 6.21 Å². The number of hydrogen-bond donors (Lipinski definition) is 2. The Morgan fingerprint density at radius 3 is 2.41 bits per heavy atom. The van der Waals surface area contributed by atoms with E-state index in [1.54, 1.807) is 49.4 Å². The van der Waals surface area contributed by atoms with Gasteiger partial charge in [-0.15, -0.1) is 0 Å².